The number of aliphatic hydroxyl groups excluding tert-OH is 1. The number of hydrogen-bond donors (Lipinski definition) is 1. The van der Waals surface area contributed by atoms with Gasteiger partial charge in [-0.05, 0) is 61.1 Å². The number of fused-ring (bicyclic) bond motifs is 4. The molecule has 3 aliphatic heterocycles. The quantitative estimate of drug-likeness (QED) is 0.898. The zero-order chi connectivity index (χ0) is 16.7. The van der Waals surface area contributed by atoms with E-state index in [-0.39, 0.29) is 18.4 Å². The van der Waals surface area contributed by atoms with Crippen LogP contribution in [0.2, 0.25) is 0 Å². The van der Waals surface area contributed by atoms with Crippen LogP contribution < -0.4 is 4.74 Å². The van der Waals surface area contributed by atoms with Crippen molar-refractivity contribution in [2.24, 2.45) is 11.8 Å². The first-order valence-electron chi connectivity index (χ1n) is 9.06. The Morgan fingerprint density at radius 2 is 2.20 bits per heavy atom. The van der Waals surface area contributed by atoms with Gasteiger partial charge >= 0.3 is 0 Å². The standard InChI is InChI=1S/C20H26N2O2.ClH/c1-3-13-12-22-9-7-14(13)10-19(22)20(23)16-6-8-21-18-5-4-15(24-2)11-17(16)18;/h4-6,8,11,13-14,19-20,23H,3,7,9-10,12H2,1-2H3;1H/t13-,14-,19+,20-;/m0./s1. The van der Waals surface area contributed by atoms with Gasteiger partial charge in [-0.3, -0.25) is 9.88 Å². The van der Waals surface area contributed by atoms with Gasteiger partial charge in [0.2, 0.25) is 0 Å². The number of ether oxygens (including phenoxy) is 1. The fraction of sp³-hybridized carbons (Fsp3) is 0.550. The molecule has 2 aromatic rings. The number of pyridine rings is 1. The normalized spacial score (nSPS) is 29.2. The first-order valence-corrected chi connectivity index (χ1v) is 9.06. The zero-order valence-corrected chi connectivity index (χ0v) is 15.7. The maximum atomic E-state index is 11.2. The van der Waals surface area contributed by atoms with E-state index in [4.69, 9.17) is 4.74 Å². The number of methoxy groups -OCH3 is 1. The summed E-state index contributed by atoms with van der Waals surface area (Å²) in [5.41, 5.74) is 1.89. The van der Waals surface area contributed by atoms with E-state index in [9.17, 15) is 5.11 Å². The highest BCUT2D eigenvalue weighted by molar-refractivity contribution is 5.85. The second kappa shape index (κ2) is 7.48. The summed E-state index contributed by atoms with van der Waals surface area (Å²) >= 11 is 0. The van der Waals surface area contributed by atoms with Gasteiger partial charge in [-0.2, -0.15) is 0 Å². The molecule has 0 unspecified atom stereocenters. The van der Waals surface area contributed by atoms with Crippen LogP contribution in [-0.2, 0) is 0 Å². The minimum atomic E-state index is -0.469. The van der Waals surface area contributed by atoms with Crippen molar-refractivity contribution >= 4 is 23.3 Å². The SMILES string of the molecule is CC[C@H]1C[N@]2CC[C@H]1C[C@@H]2[C@@H](O)c1ccnc2ccc(OC)cc12.Cl. The molecule has 1 aromatic carbocycles. The molecule has 3 aliphatic rings. The average Bonchev–Trinajstić information content (AvgIpc) is 2.66. The molecule has 4 heterocycles. The lowest BCUT2D eigenvalue weighted by Crippen LogP contribution is -2.55. The van der Waals surface area contributed by atoms with E-state index >= 15 is 0 Å². The maximum Gasteiger partial charge on any atom is 0.119 e. The van der Waals surface area contributed by atoms with Crippen LogP contribution >= 0.6 is 12.4 Å². The molecule has 1 N–H and O–H groups in total. The maximum absolute atomic E-state index is 11.2. The zero-order valence-electron chi connectivity index (χ0n) is 14.9. The molecule has 2 bridgehead atoms. The predicted molar refractivity (Wildman–Crippen MR) is 102 cm³/mol. The molecular formula is C20H27ClN2O2. The van der Waals surface area contributed by atoms with Gasteiger partial charge in [0.1, 0.15) is 5.75 Å². The van der Waals surface area contributed by atoms with E-state index in [0.717, 1.165) is 53.6 Å². The van der Waals surface area contributed by atoms with Crippen molar-refractivity contribution in [1.29, 1.82) is 0 Å². The van der Waals surface area contributed by atoms with Crippen molar-refractivity contribution in [3.8, 4) is 5.75 Å². The van der Waals surface area contributed by atoms with E-state index < -0.39 is 6.10 Å². The molecule has 25 heavy (non-hydrogen) atoms. The summed E-state index contributed by atoms with van der Waals surface area (Å²) in [6.45, 7) is 4.55. The van der Waals surface area contributed by atoms with Gasteiger partial charge in [0, 0.05) is 24.2 Å². The molecule has 0 spiro atoms. The molecule has 0 radical (unpaired) electrons. The van der Waals surface area contributed by atoms with Crippen molar-refractivity contribution in [3.63, 3.8) is 0 Å². The number of aliphatic hydroxyl groups is 1. The summed E-state index contributed by atoms with van der Waals surface area (Å²) in [4.78, 5) is 6.94. The van der Waals surface area contributed by atoms with Gasteiger partial charge in [-0.1, -0.05) is 13.3 Å². The monoisotopic (exact) mass is 362 g/mol. The summed E-state index contributed by atoms with van der Waals surface area (Å²) in [5, 5.41) is 12.2. The lowest BCUT2D eigenvalue weighted by atomic mass is 9.72. The predicted octanol–water partition coefficient (Wildman–Crippen LogP) is 3.82. The van der Waals surface area contributed by atoms with Crippen LogP contribution in [0.15, 0.2) is 30.5 Å². The van der Waals surface area contributed by atoms with Crippen molar-refractivity contribution in [1.82, 2.24) is 9.88 Å². The highest BCUT2D eigenvalue weighted by Crippen LogP contribution is 2.42. The van der Waals surface area contributed by atoms with Gasteiger partial charge in [0.15, 0.2) is 0 Å². The Morgan fingerprint density at radius 3 is 2.88 bits per heavy atom. The summed E-state index contributed by atoms with van der Waals surface area (Å²) in [6.07, 6.45) is 4.97. The van der Waals surface area contributed by atoms with Crippen LogP contribution in [0.3, 0.4) is 0 Å². The summed E-state index contributed by atoms with van der Waals surface area (Å²) in [5.74, 6) is 2.37. The Kier molecular flexibility index (Phi) is 5.52. The van der Waals surface area contributed by atoms with E-state index in [1.807, 2.05) is 24.3 Å². The third-order valence-electron chi connectivity index (χ3n) is 6.13. The van der Waals surface area contributed by atoms with E-state index in [2.05, 4.69) is 16.8 Å². The molecule has 136 valence electrons. The molecule has 5 heteroatoms. The Balaban J connectivity index is 0.00000182. The van der Waals surface area contributed by atoms with Crippen LogP contribution in [0.1, 0.15) is 37.9 Å². The first-order chi connectivity index (χ1) is 11.7. The second-order valence-corrected chi connectivity index (χ2v) is 7.24. The van der Waals surface area contributed by atoms with Crippen LogP contribution in [0.25, 0.3) is 10.9 Å². The van der Waals surface area contributed by atoms with Crippen LogP contribution in [0, 0.1) is 11.8 Å². The van der Waals surface area contributed by atoms with Crippen LogP contribution in [-0.4, -0.2) is 41.2 Å². The minimum absolute atomic E-state index is 0. The van der Waals surface area contributed by atoms with E-state index in [1.165, 1.54) is 12.8 Å². The number of halogens is 1. The number of nitrogens with zero attached hydrogens (tertiary/aromatic N) is 2. The molecule has 3 fully saturated rings. The topological polar surface area (TPSA) is 45.6 Å². The number of aromatic nitrogens is 1. The minimum Gasteiger partial charge on any atom is -0.497 e. The van der Waals surface area contributed by atoms with Gasteiger partial charge in [0.25, 0.3) is 0 Å². The highest BCUT2D eigenvalue weighted by Gasteiger charge is 2.42. The highest BCUT2D eigenvalue weighted by atomic mass is 35.5. The first kappa shape index (κ1) is 18.4. The van der Waals surface area contributed by atoms with E-state index in [1.54, 1.807) is 13.3 Å². The van der Waals surface area contributed by atoms with Gasteiger partial charge in [-0.15, -0.1) is 12.4 Å². The Labute approximate surface area is 155 Å². The summed E-state index contributed by atoms with van der Waals surface area (Å²) in [7, 11) is 1.67. The smallest absolute Gasteiger partial charge is 0.119 e. The van der Waals surface area contributed by atoms with Crippen molar-refractivity contribution in [3.05, 3.63) is 36.0 Å². The lowest BCUT2D eigenvalue weighted by molar-refractivity contribution is -0.0562. The number of hydrogen-bond acceptors (Lipinski definition) is 4. The third kappa shape index (κ3) is 3.23. The van der Waals surface area contributed by atoms with Crippen molar-refractivity contribution in [2.45, 2.75) is 38.3 Å². The Morgan fingerprint density at radius 1 is 1.36 bits per heavy atom. The van der Waals surface area contributed by atoms with Gasteiger partial charge < -0.3 is 9.84 Å². The Bertz CT molecular complexity index is 739. The average molecular weight is 363 g/mol. The molecule has 4 nitrogen and oxygen atoms in total. The Hall–Kier alpha value is -1.36. The fourth-order valence-electron chi connectivity index (χ4n) is 4.71. The molecule has 1 aromatic heterocycles. The molecule has 0 aliphatic carbocycles. The largest absolute Gasteiger partial charge is 0.497 e. The fourth-order valence-corrected chi connectivity index (χ4v) is 4.71. The molecule has 0 amide bonds. The second-order valence-electron chi connectivity index (χ2n) is 7.24. The van der Waals surface area contributed by atoms with Crippen LogP contribution in [0.4, 0.5) is 0 Å². The van der Waals surface area contributed by atoms with Gasteiger partial charge in [0.05, 0.1) is 18.7 Å². The van der Waals surface area contributed by atoms with Gasteiger partial charge in [-0.25, -0.2) is 0 Å². The molecule has 5 rings (SSSR count). The molecule has 0 saturated carbocycles. The molecule has 3 saturated heterocycles. The summed E-state index contributed by atoms with van der Waals surface area (Å²) < 4.78 is 5.36. The number of piperidine rings is 3. The van der Waals surface area contributed by atoms with Crippen molar-refractivity contribution in [2.75, 3.05) is 20.2 Å². The van der Waals surface area contributed by atoms with Crippen molar-refractivity contribution < 1.29 is 9.84 Å². The molecular weight excluding hydrogens is 336 g/mol. The third-order valence-corrected chi connectivity index (χ3v) is 6.13. The van der Waals surface area contributed by atoms with Crippen LogP contribution in [0.5, 0.6) is 5.75 Å². The molecule has 5 atom stereocenters. The lowest BCUT2D eigenvalue weighted by Gasteiger charge is -2.51. The van der Waals surface area contributed by atoms with E-state index in [0.29, 0.717) is 0 Å². The number of benzene rings is 1. The number of rotatable bonds is 4. The summed E-state index contributed by atoms with van der Waals surface area (Å²) in [6, 6.07) is 8.07.